The van der Waals surface area contributed by atoms with Gasteiger partial charge < -0.3 is 0 Å². The SMILES string of the molecule is CC(CCC(C)N1CC2CCC(C1)N2C)C1CC2CCC(C1)N2C(C)C. The maximum Gasteiger partial charge on any atom is 0.0224 e. The number of piperazine rings is 1. The summed E-state index contributed by atoms with van der Waals surface area (Å²) in [5.41, 5.74) is 0. The Hall–Kier alpha value is -0.120. The van der Waals surface area contributed by atoms with Crippen molar-refractivity contribution in [3.05, 3.63) is 0 Å². The fourth-order valence-corrected chi connectivity index (χ4v) is 6.99. The van der Waals surface area contributed by atoms with E-state index in [4.69, 9.17) is 0 Å². The van der Waals surface area contributed by atoms with Gasteiger partial charge in [0, 0.05) is 49.3 Å². The molecule has 0 N–H and O–H groups in total. The third-order valence-electron chi connectivity index (χ3n) is 8.77. The zero-order valence-electron chi connectivity index (χ0n) is 18.0. The summed E-state index contributed by atoms with van der Waals surface area (Å²) >= 11 is 0. The predicted molar refractivity (Wildman–Crippen MR) is 111 cm³/mol. The molecule has 150 valence electrons. The number of nitrogens with zero attached hydrogens (tertiary/aromatic N) is 3. The van der Waals surface area contributed by atoms with Crippen LogP contribution in [0, 0.1) is 11.8 Å². The van der Waals surface area contributed by atoms with E-state index in [0.29, 0.717) is 0 Å². The molecule has 0 aromatic rings. The summed E-state index contributed by atoms with van der Waals surface area (Å²) in [6.45, 7) is 12.5. The summed E-state index contributed by atoms with van der Waals surface area (Å²) in [7, 11) is 2.35. The monoisotopic (exact) mass is 361 g/mol. The maximum absolute atomic E-state index is 2.85. The zero-order valence-corrected chi connectivity index (χ0v) is 18.0. The van der Waals surface area contributed by atoms with E-state index in [1.165, 1.54) is 64.5 Å². The molecule has 4 fully saturated rings. The first-order chi connectivity index (χ1) is 12.4. The quantitative estimate of drug-likeness (QED) is 0.701. The lowest BCUT2D eigenvalue weighted by Gasteiger charge is -2.44. The normalized spacial score (nSPS) is 41.1. The Labute approximate surface area is 162 Å². The Morgan fingerprint density at radius 3 is 1.85 bits per heavy atom. The van der Waals surface area contributed by atoms with Gasteiger partial charge in [0.05, 0.1) is 0 Å². The highest BCUT2D eigenvalue weighted by atomic mass is 15.3. The molecule has 0 spiro atoms. The van der Waals surface area contributed by atoms with Crippen LogP contribution in [0.1, 0.15) is 79.1 Å². The van der Waals surface area contributed by atoms with E-state index in [2.05, 4.69) is 49.4 Å². The van der Waals surface area contributed by atoms with Gasteiger partial charge in [-0.2, -0.15) is 0 Å². The highest BCUT2D eigenvalue weighted by Gasteiger charge is 2.43. The van der Waals surface area contributed by atoms with Crippen LogP contribution >= 0.6 is 0 Å². The van der Waals surface area contributed by atoms with Crippen LogP contribution in [0.4, 0.5) is 0 Å². The Balaban J connectivity index is 1.25. The Morgan fingerprint density at radius 1 is 0.769 bits per heavy atom. The van der Waals surface area contributed by atoms with Crippen LogP contribution in [0.15, 0.2) is 0 Å². The van der Waals surface area contributed by atoms with Crippen molar-refractivity contribution in [2.24, 2.45) is 11.8 Å². The standard InChI is InChI=1S/C23H43N3/c1-16(2)26-20-8-9-21(26)13-19(12-20)17(3)6-7-18(4)25-14-22-10-11-23(15-25)24(22)5/h16-23H,6-15H2,1-5H3. The van der Waals surface area contributed by atoms with Crippen molar-refractivity contribution in [1.82, 2.24) is 14.7 Å². The van der Waals surface area contributed by atoms with Crippen molar-refractivity contribution in [3.63, 3.8) is 0 Å². The van der Waals surface area contributed by atoms with Crippen molar-refractivity contribution in [3.8, 4) is 0 Å². The minimum atomic E-state index is 0.747. The third kappa shape index (κ3) is 3.61. The average Bonchev–Trinajstić information content (AvgIpc) is 2.99. The molecule has 4 heterocycles. The molecule has 6 unspecified atom stereocenters. The van der Waals surface area contributed by atoms with Gasteiger partial charge in [-0.1, -0.05) is 6.92 Å². The second kappa shape index (κ2) is 7.72. The maximum atomic E-state index is 2.85. The lowest BCUT2D eigenvalue weighted by molar-refractivity contribution is 0.0440. The summed E-state index contributed by atoms with van der Waals surface area (Å²) < 4.78 is 0. The second-order valence-corrected chi connectivity index (χ2v) is 10.6. The third-order valence-corrected chi connectivity index (χ3v) is 8.77. The van der Waals surface area contributed by atoms with Gasteiger partial charge in [0.1, 0.15) is 0 Å². The number of likely N-dealkylation sites (tertiary alicyclic amines) is 1. The second-order valence-electron chi connectivity index (χ2n) is 10.6. The molecule has 4 aliphatic heterocycles. The predicted octanol–water partition coefficient (Wildman–Crippen LogP) is 4.22. The largest absolute Gasteiger partial charge is 0.298 e. The van der Waals surface area contributed by atoms with Gasteiger partial charge in [-0.05, 0) is 91.0 Å². The molecule has 3 heteroatoms. The Kier molecular flexibility index (Phi) is 5.70. The van der Waals surface area contributed by atoms with Crippen LogP contribution in [0.25, 0.3) is 0 Å². The lowest BCUT2D eigenvalue weighted by atomic mass is 9.79. The molecule has 0 radical (unpaired) electrons. The average molecular weight is 362 g/mol. The molecule has 4 bridgehead atoms. The molecule has 0 saturated carbocycles. The molecule has 3 nitrogen and oxygen atoms in total. The lowest BCUT2D eigenvalue weighted by Crippen LogP contribution is -2.54. The zero-order chi connectivity index (χ0) is 18.4. The van der Waals surface area contributed by atoms with Gasteiger partial charge in [0.25, 0.3) is 0 Å². The Morgan fingerprint density at radius 2 is 1.31 bits per heavy atom. The topological polar surface area (TPSA) is 9.72 Å². The van der Waals surface area contributed by atoms with E-state index in [1.54, 1.807) is 0 Å². The van der Waals surface area contributed by atoms with Gasteiger partial charge in [-0.25, -0.2) is 0 Å². The highest BCUT2D eigenvalue weighted by Crippen LogP contribution is 2.43. The molecule has 4 rings (SSSR count). The van der Waals surface area contributed by atoms with E-state index in [0.717, 1.165) is 48.1 Å². The van der Waals surface area contributed by atoms with Crippen molar-refractivity contribution >= 4 is 0 Å². The summed E-state index contributed by atoms with van der Waals surface area (Å²) in [4.78, 5) is 8.33. The molecule has 26 heavy (non-hydrogen) atoms. The molecular weight excluding hydrogens is 318 g/mol. The number of piperidine rings is 1. The minimum absolute atomic E-state index is 0.747. The van der Waals surface area contributed by atoms with Crippen molar-refractivity contribution in [2.75, 3.05) is 20.1 Å². The van der Waals surface area contributed by atoms with Crippen LogP contribution in [0.5, 0.6) is 0 Å². The van der Waals surface area contributed by atoms with E-state index in [9.17, 15) is 0 Å². The van der Waals surface area contributed by atoms with Gasteiger partial charge in [0.2, 0.25) is 0 Å². The number of hydrogen-bond donors (Lipinski definition) is 0. The van der Waals surface area contributed by atoms with Gasteiger partial charge >= 0.3 is 0 Å². The molecule has 0 aromatic heterocycles. The molecule has 4 saturated heterocycles. The van der Waals surface area contributed by atoms with Gasteiger partial charge in [-0.15, -0.1) is 0 Å². The Bertz CT molecular complexity index is 450. The first kappa shape index (κ1) is 19.2. The smallest absolute Gasteiger partial charge is 0.0224 e. The summed E-state index contributed by atoms with van der Waals surface area (Å²) in [5.74, 6) is 1.90. The van der Waals surface area contributed by atoms with Crippen LogP contribution < -0.4 is 0 Å². The molecular formula is C23H43N3. The molecule has 0 amide bonds. The van der Waals surface area contributed by atoms with E-state index < -0.39 is 0 Å². The molecule has 6 atom stereocenters. The van der Waals surface area contributed by atoms with Crippen molar-refractivity contribution in [2.45, 2.75) is 115 Å². The van der Waals surface area contributed by atoms with Crippen molar-refractivity contribution < 1.29 is 0 Å². The fraction of sp³-hybridized carbons (Fsp3) is 1.00. The van der Waals surface area contributed by atoms with Crippen LogP contribution in [-0.4, -0.2) is 71.1 Å². The van der Waals surface area contributed by atoms with Gasteiger partial charge in [-0.3, -0.25) is 14.7 Å². The summed E-state index contributed by atoms with van der Waals surface area (Å²) in [6, 6.07) is 4.99. The van der Waals surface area contributed by atoms with E-state index >= 15 is 0 Å². The van der Waals surface area contributed by atoms with Crippen LogP contribution in [0.3, 0.4) is 0 Å². The molecule has 0 aliphatic carbocycles. The summed E-state index contributed by atoms with van der Waals surface area (Å²) in [5, 5.41) is 0. The number of hydrogen-bond acceptors (Lipinski definition) is 3. The first-order valence-corrected chi connectivity index (χ1v) is 11.7. The molecule has 0 aromatic carbocycles. The van der Waals surface area contributed by atoms with E-state index in [-0.39, 0.29) is 0 Å². The van der Waals surface area contributed by atoms with Crippen LogP contribution in [0.2, 0.25) is 0 Å². The highest BCUT2D eigenvalue weighted by molar-refractivity contribution is 4.98. The number of rotatable bonds is 6. The van der Waals surface area contributed by atoms with Gasteiger partial charge in [0.15, 0.2) is 0 Å². The van der Waals surface area contributed by atoms with E-state index in [1.807, 2.05) is 0 Å². The fourth-order valence-electron chi connectivity index (χ4n) is 6.99. The minimum Gasteiger partial charge on any atom is -0.298 e. The molecule has 4 aliphatic rings. The summed E-state index contributed by atoms with van der Waals surface area (Å²) in [6.07, 6.45) is 11.6. The first-order valence-electron chi connectivity index (χ1n) is 11.7. The van der Waals surface area contributed by atoms with Crippen molar-refractivity contribution in [1.29, 1.82) is 0 Å². The number of likely N-dealkylation sites (N-methyl/N-ethyl adjacent to an activating group) is 1. The van der Waals surface area contributed by atoms with Crippen LogP contribution in [-0.2, 0) is 0 Å². The number of fused-ring (bicyclic) bond motifs is 4.